The average molecular weight is 424 g/mol. The first-order valence-electron chi connectivity index (χ1n) is 10.6. The third-order valence-corrected chi connectivity index (χ3v) is 5.72. The van der Waals surface area contributed by atoms with E-state index in [1.165, 1.54) is 0 Å². The Kier molecular flexibility index (Phi) is 6.36. The Morgan fingerprint density at radius 2 is 1.90 bits per heavy atom. The van der Waals surface area contributed by atoms with Gasteiger partial charge in [-0.2, -0.15) is 9.61 Å². The number of hydrogen-bond donors (Lipinski definition) is 1. The first-order chi connectivity index (χ1) is 15.1. The van der Waals surface area contributed by atoms with Gasteiger partial charge >= 0.3 is 0 Å². The van der Waals surface area contributed by atoms with E-state index in [9.17, 15) is 4.79 Å². The number of carbonyl (C=O) groups excluding carboxylic acids is 1. The number of rotatable bonds is 7. The minimum Gasteiger partial charge on any atom is -0.497 e. The highest BCUT2D eigenvalue weighted by atomic mass is 16.5. The molecule has 1 saturated heterocycles. The predicted molar refractivity (Wildman–Crippen MR) is 120 cm³/mol. The molecule has 0 atom stereocenters. The van der Waals surface area contributed by atoms with Crippen LogP contribution in [0, 0.1) is 12.8 Å². The van der Waals surface area contributed by atoms with Crippen LogP contribution in [0.4, 0.5) is 5.82 Å². The molecule has 8 heteroatoms. The number of amides is 1. The molecule has 1 aromatic carbocycles. The maximum absolute atomic E-state index is 12.4. The minimum atomic E-state index is 0.0408. The number of methoxy groups -OCH3 is 2. The van der Waals surface area contributed by atoms with Gasteiger partial charge in [0.25, 0.3) is 0 Å². The summed E-state index contributed by atoms with van der Waals surface area (Å²) in [5, 5.41) is 7.79. The number of hydrogen-bond acceptors (Lipinski definition) is 6. The molecule has 3 heterocycles. The molecule has 0 aliphatic carbocycles. The van der Waals surface area contributed by atoms with E-state index in [1.54, 1.807) is 14.2 Å². The topological polar surface area (TPSA) is 81.0 Å². The monoisotopic (exact) mass is 423 g/mol. The van der Waals surface area contributed by atoms with Gasteiger partial charge in [0.05, 0.1) is 19.4 Å². The molecule has 1 fully saturated rings. The number of anilines is 1. The summed E-state index contributed by atoms with van der Waals surface area (Å²) in [6.45, 7) is 4.70. The maximum atomic E-state index is 12.4. The van der Waals surface area contributed by atoms with Crippen LogP contribution in [0.5, 0.6) is 5.75 Å². The van der Waals surface area contributed by atoms with Gasteiger partial charge in [-0.05, 0) is 44.0 Å². The molecule has 0 bridgehead atoms. The van der Waals surface area contributed by atoms with E-state index < -0.39 is 0 Å². The van der Waals surface area contributed by atoms with Crippen LogP contribution < -0.4 is 15.0 Å². The Labute approximate surface area is 182 Å². The van der Waals surface area contributed by atoms with Crippen molar-refractivity contribution in [3.05, 3.63) is 42.1 Å². The number of nitrogens with one attached hydrogen (secondary N) is 1. The van der Waals surface area contributed by atoms with Crippen LogP contribution in [0.1, 0.15) is 18.5 Å². The van der Waals surface area contributed by atoms with E-state index in [0.717, 1.165) is 60.1 Å². The molecule has 1 aliphatic rings. The Morgan fingerprint density at radius 3 is 2.58 bits per heavy atom. The van der Waals surface area contributed by atoms with Crippen molar-refractivity contribution in [3.63, 3.8) is 0 Å². The zero-order valence-electron chi connectivity index (χ0n) is 18.3. The van der Waals surface area contributed by atoms with Crippen LogP contribution in [0.15, 0.2) is 36.4 Å². The molecule has 2 aromatic heterocycles. The van der Waals surface area contributed by atoms with Crippen molar-refractivity contribution in [3.8, 4) is 17.0 Å². The van der Waals surface area contributed by atoms with Crippen LogP contribution in [0.2, 0.25) is 0 Å². The zero-order valence-corrected chi connectivity index (χ0v) is 18.3. The number of benzene rings is 1. The van der Waals surface area contributed by atoms with Gasteiger partial charge in [-0.15, -0.1) is 0 Å². The quantitative estimate of drug-likeness (QED) is 0.589. The predicted octanol–water partition coefficient (Wildman–Crippen LogP) is 2.69. The van der Waals surface area contributed by atoms with E-state index >= 15 is 0 Å². The molecule has 164 valence electrons. The molecular weight excluding hydrogens is 394 g/mol. The van der Waals surface area contributed by atoms with Crippen molar-refractivity contribution in [1.82, 2.24) is 19.9 Å². The van der Waals surface area contributed by atoms with Gasteiger partial charge in [0.2, 0.25) is 5.91 Å². The highest BCUT2D eigenvalue weighted by Crippen LogP contribution is 2.28. The lowest BCUT2D eigenvalue weighted by Gasteiger charge is -2.33. The molecule has 0 unspecified atom stereocenters. The molecule has 8 nitrogen and oxygen atoms in total. The van der Waals surface area contributed by atoms with Crippen molar-refractivity contribution >= 4 is 17.4 Å². The second-order valence-corrected chi connectivity index (χ2v) is 7.83. The fourth-order valence-electron chi connectivity index (χ4n) is 4.00. The van der Waals surface area contributed by atoms with Crippen molar-refractivity contribution < 1.29 is 14.3 Å². The lowest BCUT2D eigenvalue weighted by atomic mass is 9.96. The summed E-state index contributed by atoms with van der Waals surface area (Å²) in [4.78, 5) is 19.3. The molecule has 31 heavy (non-hydrogen) atoms. The fourth-order valence-corrected chi connectivity index (χ4v) is 4.00. The minimum absolute atomic E-state index is 0.0408. The van der Waals surface area contributed by atoms with E-state index in [0.29, 0.717) is 13.2 Å². The van der Waals surface area contributed by atoms with E-state index in [2.05, 4.69) is 21.3 Å². The fraction of sp³-hybridized carbons (Fsp3) is 0.435. The molecule has 1 amide bonds. The van der Waals surface area contributed by atoms with Crippen LogP contribution >= 0.6 is 0 Å². The summed E-state index contributed by atoms with van der Waals surface area (Å²) in [7, 11) is 3.29. The van der Waals surface area contributed by atoms with Crippen LogP contribution in [-0.2, 0) is 9.53 Å². The number of carbonyl (C=O) groups is 1. The molecule has 1 N–H and O–H groups in total. The first kappa shape index (κ1) is 21.1. The molecule has 1 aliphatic heterocycles. The van der Waals surface area contributed by atoms with Gasteiger partial charge in [-0.3, -0.25) is 4.79 Å². The summed E-state index contributed by atoms with van der Waals surface area (Å²) >= 11 is 0. The molecule has 0 spiro atoms. The standard InChI is InChI=1S/C23H29N5O3/c1-16-14-22(27-11-8-18(9-12-27)23(29)24-10-13-30-2)28-21(25-16)15-20(26-28)17-4-6-19(31-3)7-5-17/h4-7,14-15,18H,8-13H2,1-3H3,(H,24,29). The van der Waals surface area contributed by atoms with Gasteiger partial charge < -0.3 is 19.7 Å². The van der Waals surface area contributed by atoms with Crippen LogP contribution in [-0.4, -0.2) is 61.0 Å². The zero-order chi connectivity index (χ0) is 21.8. The Balaban J connectivity index is 1.53. The number of aromatic nitrogens is 3. The number of aryl methyl sites for hydroxylation is 1. The van der Waals surface area contributed by atoms with Gasteiger partial charge in [0, 0.05) is 56.1 Å². The summed E-state index contributed by atoms with van der Waals surface area (Å²) in [5.41, 5.74) is 3.65. The third kappa shape index (κ3) is 4.64. The molecule has 0 radical (unpaired) electrons. The van der Waals surface area contributed by atoms with Crippen molar-refractivity contribution in [2.24, 2.45) is 5.92 Å². The molecule has 0 saturated carbocycles. The highest BCUT2D eigenvalue weighted by Gasteiger charge is 2.26. The number of fused-ring (bicyclic) bond motifs is 1. The molecular formula is C23H29N5O3. The summed E-state index contributed by atoms with van der Waals surface area (Å²) in [6, 6.07) is 11.9. The number of piperidine rings is 1. The number of nitrogens with zero attached hydrogens (tertiary/aromatic N) is 4. The van der Waals surface area contributed by atoms with Crippen molar-refractivity contribution in [2.45, 2.75) is 19.8 Å². The van der Waals surface area contributed by atoms with Crippen molar-refractivity contribution in [2.75, 3.05) is 45.4 Å². The second-order valence-electron chi connectivity index (χ2n) is 7.83. The number of ether oxygens (including phenoxy) is 2. The van der Waals surface area contributed by atoms with E-state index in [1.807, 2.05) is 41.8 Å². The normalized spacial score (nSPS) is 14.7. The maximum Gasteiger partial charge on any atom is 0.223 e. The summed E-state index contributed by atoms with van der Waals surface area (Å²) in [5.74, 6) is 1.99. The van der Waals surface area contributed by atoms with Crippen LogP contribution in [0.3, 0.4) is 0 Å². The second kappa shape index (κ2) is 9.34. The lowest BCUT2D eigenvalue weighted by Crippen LogP contribution is -2.42. The summed E-state index contributed by atoms with van der Waals surface area (Å²) < 4.78 is 12.2. The van der Waals surface area contributed by atoms with Gasteiger partial charge in [0.1, 0.15) is 11.6 Å². The lowest BCUT2D eigenvalue weighted by molar-refractivity contribution is -0.125. The molecule has 4 rings (SSSR count). The summed E-state index contributed by atoms with van der Waals surface area (Å²) in [6.07, 6.45) is 1.63. The van der Waals surface area contributed by atoms with Gasteiger partial charge in [-0.1, -0.05) is 0 Å². The third-order valence-electron chi connectivity index (χ3n) is 5.72. The average Bonchev–Trinajstić information content (AvgIpc) is 3.22. The Hall–Kier alpha value is -3.13. The van der Waals surface area contributed by atoms with E-state index in [-0.39, 0.29) is 11.8 Å². The Morgan fingerprint density at radius 1 is 1.16 bits per heavy atom. The van der Waals surface area contributed by atoms with Crippen LogP contribution in [0.25, 0.3) is 16.9 Å². The van der Waals surface area contributed by atoms with Gasteiger partial charge in [-0.25, -0.2) is 4.98 Å². The highest BCUT2D eigenvalue weighted by molar-refractivity contribution is 5.79. The SMILES string of the molecule is COCCNC(=O)C1CCN(c2cc(C)nc3cc(-c4ccc(OC)cc4)nn23)CC1. The smallest absolute Gasteiger partial charge is 0.223 e. The largest absolute Gasteiger partial charge is 0.497 e. The van der Waals surface area contributed by atoms with E-state index in [4.69, 9.17) is 14.6 Å². The molecule has 3 aromatic rings. The Bertz CT molecular complexity index is 1040. The van der Waals surface area contributed by atoms with Gasteiger partial charge in [0.15, 0.2) is 5.65 Å². The van der Waals surface area contributed by atoms with Crippen molar-refractivity contribution in [1.29, 1.82) is 0 Å². The first-order valence-corrected chi connectivity index (χ1v) is 10.6.